The second-order valence-corrected chi connectivity index (χ2v) is 8.67. The van der Waals surface area contributed by atoms with E-state index in [0.717, 1.165) is 18.9 Å². The van der Waals surface area contributed by atoms with Crippen LogP contribution >= 0.6 is 0 Å². The number of fused-ring (bicyclic) bond motifs is 5. The second-order valence-electron chi connectivity index (χ2n) is 8.67. The molecule has 2 heterocycles. The van der Waals surface area contributed by atoms with Crippen molar-refractivity contribution in [2.75, 3.05) is 7.05 Å². The van der Waals surface area contributed by atoms with Crippen molar-refractivity contribution in [1.29, 1.82) is 0 Å². The Kier molecular flexibility index (Phi) is 4.22. The molecule has 4 atom stereocenters. The van der Waals surface area contributed by atoms with E-state index in [-0.39, 0.29) is 41.0 Å². The van der Waals surface area contributed by atoms with Gasteiger partial charge in [-0.3, -0.25) is 14.4 Å². The fraction of sp³-hybridized carbons (Fsp3) is 0.409. The fourth-order valence-electron chi connectivity index (χ4n) is 5.20. The largest absolute Gasteiger partial charge is 0.503 e. The van der Waals surface area contributed by atoms with E-state index < -0.39 is 34.6 Å². The van der Waals surface area contributed by atoms with E-state index in [1.54, 1.807) is 16.5 Å². The first-order valence-corrected chi connectivity index (χ1v) is 10.2. The van der Waals surface area contributed by atoms with Crippen LogP contribution in [0.1, 0.15) is 50.9 Å². The fourth-order valence-corrected chi connectivity index (χ4v) is 5.20. The van der Waals surface area contributed by atoms with Crippen molar-refractivity contribution in [3.05, 3.63) is 62.6 Å². The minimum absolute atomic E-state index is 0.0286. The molecule has 1 aliphatic heterocycles. The zero-order valence-corrected chi connectivity index (χ0v) is 17.0. The Balaban J connectivity index is 1.48. The van der Waals surface area contributed by atoms with Gasteiger partial charge in [0.2, 0.25) is 5.43 Å². The van der Waals surface area contributed by atoms with Crippen molar-refractivity contribution < 1.29 is 23.5 Å². The molecule has 31 heavy (non-hydrogen) atoms. The molecule has 3 aliphatic rings. The number of pyridine rings is 1. The van der Waals surface area contributed by atoms with Crippen LogP contribution in [0, 0.1) is 30.4 Å². The third-order valence-corrected chi connectivity index (χ3v) is 6.98. The van der Waals surface area contributed by atoms with Crippen molar-refractivity contribution >= 4 is 11.8 Å². The van der Waals surface area contributed by atoms with Crippen LogP contribution in [0.5, 0.6) is 5.75 Å². The molecule has 2 fully saturated rings. The molecule has 5 rings (SSSR count). The smallest absolute Gasteiger partial charge is 0.274 e. The second kappa shape index (κ2) is 6.63. The molecule has 0 bridgehead atoms. The number of aromatic nitrogens is 1. The van der Waals surface area contributed by atoms with Crippen LogP contribution in [-0.4, -0.2) is 39.5 Å². The quantitative estimate of drug-likeness (QED) is 0.782. The van der Waals surface area contributed by atoms with Gasteiger partial charge < -0.3 is 19.9 Å². The molecule has 2 aromatic rings. The molecule has 2 N–H and O–H groups in total. The van der Waals surface area contributed by atoms with Crippen molar-refractivity contribution in [1.82, 2.24) is 14.8 Å². The molecule has 1 aromatic heterocycles. The number of hydrogen-bond acceptors (Lipinski definition) is 4. The standard InChI is InChI=1S/C22H21F2N3O4/c1-9-14(23)4-3-10(16(9)24)7-25-21(30)13-8-27-15-6-11-5-12(11)17(15)26(2)22(31)18(27)20(29)19(13)28/h3-4,8,11-12,15,17,29H,5-7H2,1-2H3,(H,25,30)/t11-,12-,15-,17+/m0/s1. The minimum atomic E-state index is -0.956. The van der Waals surface area contributed by atoms with E-state index in [9.17, 15) is 28.3 Å². The summed E-state index contributed by atoms with van der Waals surface area (Å²) in [5.41, 5.74) is -1.47. The van der Waals surface area contributed by atoms with Gasteiger partial charge in [-0.15, -0.1) is 0 Å². The number of amides is 2. The van der Waals surface area contributed by atoms with E-state index in [1.807, 2.05) is 0 Å². The van der Waals surface area contributed by atoms with E-state index in [0.29, 0.717) is 11.8 Å². The summed E-state index contributed by atoms with van der Waals surface area (Å²) in [6.07, 6.45) is 3.19. The summed E-state index contributed by atoms with van der Waals surface area (Å²) in [6, 6.07) is 2.18. The maximum absolute atomic E-state index is 14.2. The highest BCUT2D eigenvalue weighted by Crippen LogP contribution is 2.59. The van der Waals surface area contributed by atoms with E-state index in [1.165, 1.54) is 19.2 Å². The van der Waals surface area contributed by atoms with Crippen molar-refractivity contribution in [3.63, 3.8) is 0 Å². The Morgan fingerprint density at radius 3 is 2.74 bits per heavy atom. The average Bonchev–Trinajstić information content (AvgIpc) is 3.41. The molecule has 2 saturated carbocycles. The Hall–Kier alpha value is -3.23. The van der Waals surface area contributed by atoms with Crippen LogP contribution in [0.25, 0.3) is 0 Å². The molecule has 2 aliphatic carbocycles. The Morgan fingerprint density at radius 1 is 1.26 bits per heavy atom. The summed E-state index contributed by atoms with van der Waals surface area (Å²) in [7, 11) is 1.67. The van der Waals surface area contributed by atoms with Gasteiger partial charge in [0.15, 0.2) is 11.4 Å². The molecule has 0 unspecified atom stereocenters. The SMILES string of the molecule is Cc1c(F)ccc(CNC(=O)c2cn3c(c(O)c2=O)C(=O)N(C)[C@@H]2[C@H]4C[C@H]4C[C@@H]23)c1F. The Labute approximate surface area is 176 Å². The van der Waals surface area contributed by atoms with Gasteiger partial charge in [0.1, 0.15) is 17.2 Å². The average molecular weight is 429 g/mol. The Bertz CT molecular complexity index is 1210. The van der Waals surface area contributed by atoms with Gasteiger partial charge in [-0.05, 0) is 37.7 Å². The first-order valence-electron chi connectivity index (χ1n) is 10.2. The van der Waals surface area contributed by atoms with E-state index >= 15 is 0 Å². The summed E-state index contributed by atoms with van der Waals surface area (Å²) < 4.78 is 29.2. The maximum Gasteiger partial charge on any atom is 0.274 e. The molecule has 0 saturated heterocycles. The van der Waals surface area contributed by atoms with Crippen LogP contribution in [0.3, 0.4) is 0 Å². The number of rotatable bonds is 3. The summed E-state index contributed by atoms with van der Waals surface area (Å²) in [6.45, 7) is 1.03. The summed E-state index contributed by atoms with van der Waals surface area (Å²) in [4.78, 5) is 39.8. The van der Waals surface area contributed by atoms with Gasteiger partial charge in [-0.1, -0.05) is 6.07 Å². The number of hydrogen-bond donors (Lipinski definition) is 2. The highest BCUT2D eigenvalue weighted by Gasteiger charge is 2.58. The topological polar surface area (TPSA) is 91.6 Å². The predicted molar refractivity (Wildman–Crippen MR) is 106 cm³/mol. The lowest BCUT2D eigenvalue weighted by Gasteiger charge is -2.39. The van der Waals surface area contributed by atoms with Crippen LogP contribution in [-0.2, 0) is 6.54 Å². The first-order chi connectivity index (χ1) is 14.7. The lowest BCUT2D eigenvalue weighted by Crippen LogP contribution is -2.49. The lowest BCUT2D eigenvalue weighted by molar-refractivity contribution is 0.0581. The van der Waals surface area contributed by atoms with Gasteiger partial charge in [0, 0.05) is 30.9 Å². The number of nitrogens with one attached hydrogen (secondary N) is 1. The molecule has 1 aromatic carbocycles. The monoisotopic (exact) mass is 429 g/mol. The molecule has 7 nitrogen and oxygen atoms in total. The maximum atomic E-state index is 14.2. The molecule has 9 heteroatoms. The van der Waals surface area contributed by atoms with Crippen molar-refractivity contribution in [2.24, 2.45) is 11.8 Å². The van der Waals surface area contributed by atoms with Crippen molar-refractivity contribution in [3.8, 4) is 5.75 Å². The molecule has 0 radical (unpaired) electrons. The third kappa shape index (κ3) is 2.79. The zero-order chi connectivity index (χ0) is 22.2. The number of nitrogens with zero attached hydrogens (tertiary/aromatic N) is 2. The van der Waals surface area contributed by atoms with Gasteiger partial charge in [-0.2, -0.15) is 0 Å². The minimum Gasteiger partial charge on any atom is -0.503 e. The van der Waals surface area contributed by atoms with Crippen molar-refractivity contribution in [2.45, 2.75) is 38.4 Å². The molecule has 162 valence electrons. The van der Waals surface area contributed by atoms with Crippen LogP contribution < -0.4 is 10.7 Å². The summed E-state index contributed by atoms with van der Waals surface area (Å²) in [5.74, 6) is -2.57. The molecule has 0 spiro atoms. The number of carbonyl (C=O) groups is 2. The highest BCUT2D eigenvalue weighted by atomic mass is 19.1. The van der Waals surface area contributed by atoms with Crippen LogP contribution in [0.2, 0.25) is 0 Å². The Morgan fingerprint density at radius 2 is 2.00 bits per heavy atom. The van der Waals surface area contributed by atoms with Gasteiger partial charge in [0.05, 0.1) is 12.1 Å². The number of carbonyl (C=O) groups excluding carboxylic acids is 2. The number of benzene rings is 1. The molecular formula is C22H21F2N3O4. The molecular weight excluding hydrogens is 408 g/mol. The number of aromatic hydroxyl groups is 1. The number of likely N-dealkylation sites (N-methyl/N-ethyl adjacent to an activating group) is 1. The lowest BCUT2D eigenvalue weighted by atomic mass is 9.99. The third-order valence-electron chi connectivity index (χ3n) is 6.98. The van der Waals surface area contributed by atoms with E-state index in [2.05, 4.69) is 5.32 Å². The van der Waals surface area contributed by atoms with E-state index in [4.69, 9.17) is 0 Å². The van der Waals surface area contributed by atoms with Gasteiger partial charge >= 0.3 is 0 Å². The van der Waals surface area contributed by atoms with Gasteiger partial charge in [0.25, 0.3) is 11.8 Å². The first kappa shape index (κ1) is 19.7. The number of halogens is 2. The van der Waals surface area contributed by atoms with Crippen LogP contribution in [0.4, 0.5) is 8.78 Å². The predicted octanol–water partition coefficient (Wildman–Crippen LogP) is 2.11. The summed E-state index contributed by atoms with van der Waals surface area (Å²) in [5, 5.41) is 12.9. The van der Waals surface area contributed by atoms with Gasteiger partial charge in [-0.25, -0.2) is 8.78 Å². The molecule has 2 amide bonds. The highest BCUT2D eigenvalue weighted by molar-refractivity contribution is 5.99. The normalized spacial score (nSPS) is 25.7. The summed E-state index contributed by atoms with van der Waals surface area (Å²) >= 11 is 0. The van der Waals surface area contributed by atoms with Crippen LogP contribution in [0.15, 0.2) is 23.1 Å². The zero-order valence-electron chi connectivity index (χ0n) is 17.0.